The monoisotopic (exact) mass is 350 g/mol. The minimum absolute atomic E-state index is 0.0272. The summed E-state index contributed by atoms with van der Waals surface area (Å²) in [7, 11) is 0. The van der Waals surface area contributed by atoms with Gasteiger partial charge in [0.25, 0.3) is 0 Å². The fourth-order valence-corrected chi connectivity index (χ4v) is 5.65. The van der Waals surface area contributed by atoms with Crippen LogP contribution in [0.1, 0.15) is 78.6 Å². The molecule has 1 spiro atoms. The first kappa shape index (κ1) is 18.5. The number of nitrogens with one attached hydrogen (secondary N) is 1. The third-order valence-electron chi connectivity index (χ3n) is 7.07. The molecule has 0 bridgehead atoms. The second-order valence-corrected chi connectivity index (χ2v) is 8.25. The third-order valence-corrected chi connectivity index (χ3v) is 7.07. The lowest BCUT2D eigenvalue weighted by atomic mass is 9.64. The molecule has 142 valence electrons. The van der Waals surface area contributed by atoms with E-state index in [0.717, 1.165) is 57.9 Å². The molecule has 0 aromatic rings. The average Bonchev–Trinajstić information content (AvgIpc) is 2.97. The summed E-state index contributed by atoms with van der Waals surface area (Å²) in [6, 6.07) is 0.193. The lowest BCUT2D eigenvalue weighted by molar-refractivity contribution is -0.140. The Morgan fingerprint density at radius 2 is 2.04 bits per heavy atom. The molecular formula is C20H34N2O3. The fourth-order valence-electron chi connectivity index (χ4n) is 5.65. The van der Waals surface area contributed by atoms with E-state index in [1.54, 1.807) is 0 Å². The van der Waals surface area contributed by atoms with Crippen LogP contribution in [0, 0.1) is 11.8 Å². The number of carbonyl (C=O) groups is 2. The van der Waals surface area contributed by atoms with Crippen LogP contribution < -0.4 is 5.32 Å². The molecule has 1 N–H and O–H groups in total. The molecule has 1 aliphatic carbocycles. The van der Waals surface area contributed by atoms with E-state index < -0.39 is 0 Å². The normalized spacial score (nSPS) is 35.1. The van der Waals surface area contributed by atoms with Gasteiger partial charge in [0.05, 0.1) is 0 Å². The molecule has 0 unspecified atom stereocenters. The van der Waals surface area contributed by atoms with Crippen molar-refractivity contribution in [1.82, 2.24) is 10.2 Å². The predicted octanol–water partition coefficient (Wildman–Crippen LogP) is 3.86. The van der Waals surface area contributed by atoms with Crippen LogP contribution in [0.3, 0.4) is 0 Å². The molecule has 2 saturated heterocycles. The van der Waals surface area contributed by atoms with Gasteiger partial charge in [-0.15, -0.1) is 0 Å². The predicted molar refractivity (Wildman–Crippen MR) is 97.2 cm³/mol. The number of rotatable bonds is 4. The van der Waals surface area contributed by atoms with Gasteiger partial charge in [-0.25, -0.2) is 4.79 Å². The number of ether oxygens (including phenoxy) is 1. The Hall–Kier alpha value is -1.26. The number of alkyl carbamates (subject to hydrolysis) is 1. The van der Waals surface area contributed by atoms with Crippen molar-refractivity contribution in [2.75, 3.05) is 6.54 Å². The summed E-state index contributed by atoms with van der Waals surface area (Å²) in [6.07, 6.45) is 8.39. The summed E-state index contributed by atoms with van der Waals surface area (Å²) < 4.78 is 5.85. The summed E-state index contributed by atoms with van der Waals surface area (Å²) in [6.45, 7) is 7.31. The van der Waals surface area contributed by atoms with E-state index >= 15 is 0 Å². The van der Waals surface area contributed by atoms with Gasteiger partial charge in [0.1, 0.15) is 6.10 Å². The summed E-state index contributed by atoms with van der Waals surface area (Å²) in [5.74, 6) is 1.12. The van der Waals surface area contributed by atoms with E-state index in [0.29, 0.717) is 24.2 Å². The fraction of sp³-hybridized carbons (Fsp3) is 0.900. The lowest BCUT2D eigenvalue weighted by Crippen LogP contribution is -2.58. The standard InChI is InChI=1S/C20H34N2O3/c1-4-15(5-2)21-19(24)25-17-10-12-20-11-7-13-22(20)18(23)9-6-8-16(20)14(17)3/h14-17H,4-13H2,1-3H3,(H,21,24)/t14-,16+,17+,20-/m1/s1. The second-order valence-electron chi connectivity index (χ2n) is 8.25. The maximum absolute atomic E-state index is 12.5. The highest BCUT2D eigenvalue weighted by Crippen LogP contribution is 2.52. The lowest BCUT2D eigenvalue weighted by Gasteiger charge is -2.51. The molecule has 0 aromatic carbocycles. The number of hydrogen-bond acceptors (Lipinski definition) is 3. The average molecular weight is 351 g/mol. The highest BCUT2D eigenvalue weighted by atomic mass is 16.6. The quantitative estimate of drug-likeness (QED) is 0.837. The number of nitrogens with zero attached hydrogens (tertiary/aromatic N) is 1. The molecule has 5 heteroatoms. The Balaban J connectivity index is 1.69. The van der Waals surface area contributed by atoms with Gasteiger partial charge in [-0.05, 0) is 63.2 Å². The zero-order valence-electron chi connectivity index (χ0n) is 16.1. The zero-order valence-corrected chi connectivity index (χ0v) is 16.1. The number of amides is 2. The topological polar surface area (TPSA) is 58.6 Å². The summed E-state index contributed by atoms with van der Waals surface area (Å²) in [5, 5.41) is 2.99. The van der Waals surface area contributed by atoms with Gasteiger partial charge in [-0.1, -0.05) is 20.8 Å². The maximum Gasteiger partial charge on any atom is 0.407 e. The van der Waals surface area contributed by atoms with E-state index in [4.69, 9.17) is 4.74 Å². The largest absolute Gasteiger partial charge is 0.446 e. The summed E-state index contributed by atoms with van der Waals surface area (Å²) >= 11 is 0. The van der Waals surface area contributed by atoms with Crippen LogP contribution >= 0.6 is 0 Å². The van der Waals surface area contributed by atoms with Crippen molar-refractivity contribution in [3.8, 4) is 0 Å². The molecule has 1 saturated carbocycles. The number of hydrogen-bond donors (Lipinski definition) is 1. The van der Waals surface area contributed by atoms with E-state index in [1.807, 2.05) is 0 Å². The first-order chi connectivity index (χ1) is 12.0. The molecule has 3 rings (SSSR count). The van der Waals surface area contributed by atoms with E-state index in [-0.39, 0.29) is 23.8 Å². The Morgan fingerprint density at radius 3 is 2.76 bits per heavy atom. The first-order valence-electron chi connectivity index (χ1n) is 10.3. The Labute approximate surface area is 151 Å². The van der Waals surface area contributed by atoms with Crippen LogP contribution in [-0.4, -0.2) is 41.1 Å². The molecule has 0 aromatic heterocycles. The van der Waals surface area contributed by atoms with Crippen LogP contribution in [0.25, 0.3) is 0 Å². The van der Waals surface area contributed by atoms with Gasteiger partial charge in [-0.3, -0.25) is 4.79 Å². The highest BCUT2D eigenvalue weighted by Gasteiger charge is 2.55. The maximum atomic E-state index is 12.5. The molecule has 3 aliphatic rings. The molecule has 3 fully saturated rings. The van der Waals surface area contributed by atoms with Gasteiger partial charge < -0.3 is 15.0 Å². The highest BCUT2D eigenvalue weighted by molar-refractivity contribution is 5.78. The van der Waals surface area contributed by atoms with E-state index in [9.17, 15) is 9.59 Å². The minimum atomic E-state index is -0.269. The van der Waals surface area contributed by atoms with E-state index in [2.05, 4.69) is 31.0 Å². The molecule has 25 heavy (non-hydrogen) atoms. The van der Waals surface area contributed by atoms with Gasteiger partial charge in [0, 0.05) is 24.5 Å². The molecule has 2 aliphatic heterocycles. The van der Waals surface area contributed by atoms with Crippen molar-refractivity contribution in [1.29, 1.82) is 0 Å². The van der Waals surface area contributed by atoms with E-state index in [1.165, 1.54) is 0 Å². The van der Waals surface area contributed by atoms with Crippen molar-refractivity contribution in [3.63, 3.8) is 0 Å². The van der Waals surface area contributed by atoms with Crippen LogP contribution in [0.15, 0.2) is 0 Å². The first-order valence-corrected chi connectivity index (χ1v) is 10.3. The Morgan fingerprint density at radius 1 is 1.28 bits per heavy atom. The van der Waals surface area contributed by atoms with Gasteiger partial charge in [0.2, 0.25) is 5.91 Å². The smallest absolute Gasteiger partial charge is 0.407 e. The summed E-state index contributed by atoms with van der Waals surface area (Å²) in [4.78, 5) is 27.0. The second kappa shape index (κ2) is 7.55. The molecule has 2 heterocycles. The molecular weight excluding hydrogens is 316 g/mol. The van der Waals surface area contributed by atoms with Gasteiger partial charge >= 0.3 is 6.09 Å². The Kier molecular flexibility index (Phi) is 5.59. The van der Waals surface area contributed by atoms with Crippen LogP contribution in [0.5, 0.6) is 0 Å². The minimum Gasteiger partial charge on any atom is -0.446 e. The molecule has 5 nitrogen and oxygen atoms in total. The molecule has 2 amide bonds. The number of carbonyl (C=O) groups excluding carboxylic acids is 2. The van der Waals surface area contributed by atoms with Gasteiger partial charge in [-0.2, -0.15) is 0 Å². The zero-order chi connectivity index (χ0) is 18.0. The molecule has 0 radical (unpaired) electrons. The molecule has 4 atom stereocenters. The van der Waals surface area contributed by atoms with Crippen LogP contribution in [-0.2, 0) is 9.53 Å². The van der Waals surface area contributed by atoms with Crippen molar-refractivity contribution in [2.24, 2.45) is 11.8 Å². The third kappa shape index (κ3) is 3.39. The van der Waals surface area contributed by atoms with Crippen LogP contribution in [0.4, 0.5) is 4.79 Å². The van der Waals surface area contributed by atoms with Crippen molar-refractivity contribution in [3.05, 3.63) is 0 Å². The van der Waals surface area contributed by atoms with Crippen molar-refractivity contribution < 1.29 is 14.3 Å². The van der Waals surface area contributed by atoms with Crippen LogP contribution in [0.2, 0.25) is 0 Å². The SMILES string of the molecule is CCC(CC)NC(=O)O[C@H]1CC[C@@]23CCCN2C(=O)CCC[C@H]3[C@H]1C. The van der Waals surface area contributed by atoms with Gasteiger partial charge in [0.15, 0.2) is 0 Å². The Bertz CT molecular complexity index is 505. The van der Waals surface area contributed by atoms with Crippen molar-refractivity contribution in [2.45, 2.75) is 96.2 Å². The van der Waals surface area contributed by atoms with Crippen molar-refractivity contribution >= 4 is 12.0 Å². The summed E-state index contributed by atoms with van der Waals surface area (Å²) in [5.41, 5.74) is 0.0404.